The molecule has 1 rings (SSSR count). The van der Waals surface area contributed by atoms with E-state index in [-0.39, 0.29) is 5.71 Å². The zero-order chi connectivity index (χ0) is 7.78. The number of carbonyl (C=O) groups is 1. The van der Waals surface area contributed by atoms with Crippen molar-refractivity contribution in [3.05, 3.63) is 0 Å². The van der Waals surface area contributed by atoms with Gasteiger partial charge in [0.15, 0.2) is 5.71 Å². The number of nitrogens with zero attached hydrogens (tertiary/aromatic N) is 2. The fourth-order valence-corrected chi connectivity index (χ4v) is 0.675. The second-order valence-corrected chi connectivity index (χ2v) is 2.55. The molecule has 4 nitrogen and oxygen atoms in total. The van der Waals surface area contributed by atoms with Crippen molar-refractivity contribution in [2.45, 2.75) is 19.5 Å². The van der Waals surface area contributed by atoms with Crippen LogP contribution in [0, 0.1) is 0 Å². The molecule has 0 fully saturated rings. The van der Waals surface area contributed by atoms with E-state index in [1.54, 1.807) is 13.8 Å². The summed E-state index contributed by atoms with van der Waals surface area (Å²) < 4.78 is 0. The van der Waals surface area contributed by atoms with Gasteiger partial charge in [0.1, 0.15) is 5.66 Å². The molecule has 0 aliphatic carbocycles. The molecule has 1 aliphatic rings. The van der Waals surface area contributed by atoms with Crippen molar-refractivity contribution >= 4 is 17.9 Å². The van der Waals surface area contributed by atoms with E-state index in [2.05, 4.69) is 9.98 Å². The number of aliphatic imine (C=N–C) groups is 2. The molecule has 0 unspecified atom stereocenters. The van der Waals surface area contributed by atoms with Gasteiger partial charge in [0, 0.05) is 0 Å². The van der Waals surface area contributed by atoms with Crippen LogP contribution in [0.3, 0.4) is 0 Å². The summed E-state index contributed by atoms with van der Waals surface area (Å²) in [6.45, 7) is 3.50. The van der Waals surface area contributed by atoms with E-state index >= 15 is 0 Å². The fourth-order valence-electron chi connectivity index (χ4n) is 0.675. The second kappa shape index (κ2) is 1.90. The van der Waals surface area contributed by atoms with Gasteiger partial charge in [-0.05, 0) is 13.8 Å². The Morgan fingerprint density at radius 1 is 1.70 bits per heavy atom. The van der Waals surface area contributed by atoms with E-state index in [1.807, 2.05) is 0 Å². The molecule has 1 aliphatic heterocycles. The molecule has 54 valence electrons. The van der Waals surface area contributed by atoms with E-state index < -0.39 is 11.6 Å². The predicted molar refractivity (Wildman–Crippen MR) is 37.6 cm³/mol. The highest BCUT2D eigenvalue weighted by molar-refractivity contribution is 6.59. The zero-order valence-corrected chi connectivity index (χ0v) is 5.83. The number of rotatable bonds is 1. The maximum atomic E-state index is 10.3. The van der Waals surface area contributed by atoms with E-state index in [0.29, 0.717) is 0 Å². The Hall–Kier alpha value is -1.19. The monoisotopic (exact) mass is 140 g/mol. The largest absolute Gasteiger partial charge is 0.476 e. The summed E-state index contributed by atoms with van der Waals surface area (Å²) in [6.07, 6.45) is 1.28. The summed E-state index contributed by atoms with van der Waals surface area (Å²) in [5.74, 6) is -1.02. The van der Waals surface area contributed by atoms with E-state index in [4.69, 9.17) is 5.11 Å². The van der Waals surface area contributed by atoms with Gasteiger partial charge < -0.3 is 5.11 Å². The van der Waals surface area contributed by atoms with Crippen LogP contribution >= 0.6 is 0 Å². The topological polar surface area (TPSA) is 62.0 Å². The van der Waals surface area contributed by atoms with Crippen LogP contribution < -0.4 is 0 Å². The van der Waals surface area contributed by atoms with Crippen LogP contribution in [0.25, 0.3) is 0 Å². The quantitative estimate of drug-likeness (QED) is 0.570. The molecule has 0 aromatic heterocycles. The number of carboxylic acid groups (broad SMARTS) is 1. The minimum Gasteiger partial charge on any atom is -0.476 e. The van der Waals surface area contributed by atoms with Crippen molar-refractivity contribution < 1.29 is 9.90 Å². The molecule has 0 aromatic rings. The highest BCUT2D eigenvalue weighted by Gasteiger charge is 2.22. The Morgan fingerprint density at radius 2 is 2.30 bits per heavy atom. The SMILES string of the molecule is CC1(C)N=CC(C(=O)O)=N1. The first kappa shape index (κ1) is 6.92. The normalized spacial score (nSPS) is 20.8. The first-order valence-corrected chi connectivity index (χ1v) is 2.90. The van der Waals surface area contributed by atoms with Gasteiger partial charge in [0.05, 0.1) is 6.21 Å². The van der Waals surface area contributed by atoms with Crippen LogP contribution in [-0.2, 0) is 4.79 Å². The summed E-state index contributed by atoms with van der Waals surface area (Å²) in [5.41, 5.74) is -0.543. The molecule has 4 heteroatoms. The zero-order valence-electron chi connectivity index (χ0n) is 5.83. The summed E-state index contributed by atoms with van der Waals surface area (Å²) in [4.78, 5) is 17.9. The minimum absolute atomic E-state index is 0.0324. The predicted octanol–water partition coefficient (Wildman–Crippen LogP) is 0.332. The van der Waals surface area contributed by atoms with Gasteiger partial charge in [-0.2, -0.15) is 0 Å². The van der Waals surface area contributed by atoms with Crippen LogP contribution in [0.1, 0.15) is 13.8 Å². The average molecular weight is 140 g/mol. The van der Waals surface area contributed by atoms with Crippen molar-refractivity contribution in [2.24, 2.45) is 9.98 Å². The lowest BCUT2D eigenvalue weighted by Gasteiger charge is -2.06. The third-order valence-corrected chi connectivity index (χ3v) is 1.12. The molecule has 0 amide bonds. The molecule has 0 saturated heterocycles. The molecule has 0 saturated carbocycles. The molecule has 0 radical (unpaired) electrons. The van der Waals surface area contributed by atoms with Crippen LogP contribution in [0.15, 0.2) is 9.98 Å². The molecule has 0 atom stereocenters. The molecule has 0 spiro atoms. The Bertz CT molecular complexity index is 228. The first-order valence-electron chi connectivity index (χ1n) is 2.90. The molecule has 0 bridgehead atoms. The highest BCUT2D eigenvalue weighted by atomic mass is 16.4. The highest BCUT2D eigenvalue weighted by Crippen LogP contribution is 2.14. The van der Waals surface area contributed by atoms with Crippen LogP contribution in [0.5, 0.6) is 0 Å². The maximum Gasteiger partial charge on any atom is 0.355 e. The maximum absolute atomic E-state index is 10.3. The van der Waals surface area contributed by atoms with E-state index in [1.165, 1.54) is 6.21 Å². The number of hydrogen-bond donors (Lipinski definition) is 1. The lowest BCUT2D eigenvalue weighted by molar-refractivity contribution is -0.129. The van der Waals surface area contributed by atoms with Gasteiger partial charge in [0.2, 0.25) is 0 Å². The second-order valence-electron chi connectivity index (χ2n) is 2.55. The minimum atomic E-state index is -1.02. The van der Waals surface area contributed by atoms with Gasteiger partial charge in [-0.25, -0.2) is 9.79 Å². The van der Waals surface area contributed by atoms with E-state index in [9.17, 15) is 4.79 Å². The Morgan fingerprint density at radius 3 is 2.50 bits per heavy atom. The van der Waals surface area contributed by atoms with Gasteiger partial charge in [-0.1, -0.05) is 0 Å². The fraction of sp³-hybridized carbons (Fsp3) is 0.500. The van der Waals surface area contributed by atoms with Crippen molar-refractivity contribution in [3.8, 4) is 0 Å². The first-order chi connectivity index (χ1) is 4.51. The third-order valence-electron chi connectivity index (χ3n) is 1.12. The smallest absolute Gasteiger partial charge is 0.355 e. The lowest BCUT2D eigenvalue weighted by atomic mass is 10.3. The standard InChI is InChI=1S/C6H8N2O2/c1-6(2)7-3-4(8-6)5(9)10/h3H,1-2H3,(H,9,10). The van der Waals surface area contributed by atoms with Gasteiger partial charge in [0.25, 0.3) is 0 Å². The van der Waals surface area contributed by atoms with Gasteiger partial charge in [-0.15, -0.1) is 0 Å². The van der Waals surface area contributed by atoms with Crippen LogP contribution in [-0.4, -0.2) is 28.7 Å². The summed E-state index contributed by atoms with van der Waals surface area (Å²) in [7, 11) is 0. The molecule has 1 heterocycles. The third kappa shape index (κ3) is 1.21. The molecule has 1 N–H and O–H groups in total. The van der Waals surface area contributed by atoms with Crippen LogP contribution in [0.4, 0.5) is 0 Å². The Kier molecular flexibility index (Phi) is 1.31. The van der Waals surface area contributed by atoms with Crippen molar-refractivity contribution in [3.63, 3.8) is 0 Å². The molecular formula is C6H8N2O2. The molecular weight excluding hydrogens is 132 g/mol. The number of carboxylic acids is 1. The average Bonchev–Trinajstić information content (AvgIpc) is 2.10. The summed E-state index contributed by atoms with van der Waals surface area (Å²) in [5, 5.41) is 8.42. The van der Waals surface area contributed by atoms with Crippen LogP contribution in [0.2, 0.25) is 0 Å². The Balaban J connectivity index is 2.88. The Labute approximate surface area is 58.3 Å². The molecule has 0 aromatic carbocycles. The van der Waals surface area contributed by atoms with Gasteiger partial charge >= 0.3 is 5.97 Å². The van der Waals surface area contributed by atoms with Gasteiger partial charge in [-0.3, -0.25) is 4.99 Å². The molecule has 10 heavy (non-hydrogen) atoms. The lowest BCUT2D eigenvalue weighted by Crippen LogP contribution is -2.14. The number of aliphatic carboxylic acids is 1. The number of hydrogen-bond acceptors (Lipinski definition) is 3. The van der Waals surface area contributed by atoms with Crippen molar-refractivity contribution in [2.75, 3.05) is 0 Å². The van der Waals surface area contributed by atoms with E-state index in [0.717, 1.165) is 0 Å². The summed E-state index contributed by atoms with van der Waals surface area (Å²) >= 11 is 0. The van der Waals surface area contributed by atoms with Crippen molar-refractivity contribution in [1.82, 2.24) is 0 Å². The van der Waals surface area contributed by atoms with Crippen molar-refractivity contribution in [1.29, 1.82) is 0 Å². The summed E-state index contributed by atoms with van der Waals surface area (Å²) in [6, 6.07) is 0.